The van der Waals surface area contributed by atoms with E-state index in [-0.39, 0.29) is 0 Å². The fourth-order valence-electron chi connectivity index (χ4n) is 2.59. The van der Waals surface area contributed by atoms with E-state index in [4.69, 9.17) is 0 Å². The second kappa shape index (κ2) is 4.22. The summed E-state index contributed by atoms with van der Waals surface area (Å²) in [4.78, 5) is 0. The van der Waals surface area contributed by atoms with E-state index in [9.17, 15) is 5.11 Å². The number of nitrogens with one attached hydrogen (secondary N) is 1. The van der Waals surface area contributed by atoms with Crippen molar-refractivity contribution >= 4 is 15.9 Å². The lowest BCUT2D eigenvalue weighted by atomic mass is 9.98. The van der Waals surface area contributed by atoms with Gasteiger partial charge in [-0.25, -0.2) is 0 Å². The van der Waals surface area contributed by atoms with Crippen LogP contribution in [0.5, 0.6) is 5.75 Å². The van der Waals surface area contributed by atoms with Gasteiger partial charge in [0.15, 0.2) is 0 Å². The minimum absolute atomic E-state index is 0.370. The van der Waals surface area contributed by atoms with Crippen molar-refractivity contribution in [1.29, 1.82) is 0 Å². The molecule has 1 aliphatic carbocycles. The highest BCUT2D eigenvalue weighted by atomic mass is 79.9. The van der Waals surface area contributed by atoms with E-state index in [0.717, 1.165) is 23.7 Å². The quantitative estimate of drug-likeness (QED) is 0.770. The lowest BCUT2D eigenvalue weighted by Gasteiger charge is -2.22. The van der Waals surface area contributed by atoms with Gasteiger partial charge in [0, 0.05) is 10.7 Å². The molecule has 0 saturated carbocycles. The second-order valence-corrected chi connectivity index (χ2v) is 5.54. The van der Waals surface area contributed by atoms with Crippen molar-refractivity contribution in [3.63, 3.8) is 0 Å². The van der Waals surface area contributed by atoms with Crippen LogP contribution in [-0.2, 0) is 12.8 Å². The third kappa shape index (κ3) is 2.12. The van der Waals surface area contributed by atoms with Crippen molar-refractivity contribution in [2.24, 2.45) is 0 Å². The normalized spacial score (nSPS) is 22.5. The Bertz CT molecular complexity index is 519. The first-order valence-electron chi connectivity index (χ1n) is 5.85. The van der Waals surface area contributed by atoms with Gasteiger partial charge in [-0.1, -0.05) is 6.07 Å². The van der Waals surface area contributed by atoms with Crippen LogP contribution in [-0.4, -0.2) is 11.1 Å². The molecule has 2 aliphatic rings. The lowest BCUT2D eigenvalue weighted by molar-refractivity contribution is 0.474. The molecule has 17 heavy (non-hydrogen) atoms. The number of hydrogen-bond donors (Lipinski definition) is 2. The van der Waals surface area contributed by atoms with Crippen molar-refractivity contribution in [2.75, 3.05) is 0 Å². The minimum atomic E-state index is 0.370. The molecule has 1 atom stereocenters. The van der Waals surface area contributed by atoms with Crippen LogP contribution in [0.3, 0.4) is 0 Å². The predicted octanol–water partition coefficient (Wildman–Crippen LogP) is 3.02. The van der Waals surface area contributed by atoms with Gasteiger partial charge in [-0.2, -0.15) is 0 Å². The number of hydrogen-bond acceptors (Lipinski definition) is 2. The largest absolute Gasteiger partial charge is 0.508 e. The number of dihydropyridines is 1. The van der Waals surface area contributed by atoms with Crippen LogP contribution in [0.25, 0.3) is 0 Å². The van der Waals surface area contributed by atoms with Crippen molar-refractivity contribution in [2.45, 2.75) is 25.3 Å². The Kier molecular flexibility index (Phi) is 2.71. The zero-order chi connectivity index (χ0) is 11.8. The highest BCUT2D eigenvalue weighted by Gasteiger charge is 2.22. The monoisotopic (exact) mass is 291 g/mol. The minimum Gasteiger partial charge on any atom is -0.508 e. The van der Waals surface area contributed by atoms with Crippen molar-refractivity contribution in [3.05, 3.63) is 51.7 Å². The Hall–Kier alpha value is -1.22. The summed E-state index contributed by atoms with van der Waals surface area (Å²) in [6.45, 7) is 0. The zero-order valence-electron chi connectivity index (χ0n) is 9.41. The molecule has 0 spiro atoms. The Morgan fingerprint density at radius 2 is 2.12 bits per heavy atom. The summed E-state index contributed by atoms with van der Waals surface area (Å²) < 4.78 is 1.11. The average molecular weight is 292 g/mol. The number of phenolic OH excluding ortho intramolecular Hbond substituents is 1. The maximum atomic E-state index is 9.53. The molecular formula is C14H14BrNO. The summed E-state index contributed by atoms with van der Waals surface area (Å²) in [5.74, 6) is 0.370. The first-order valence-corrected chi connectivity index (χ1v) is 6.64. The van der Waals surface area contributed by atoms with E-state index in [1.165, 1.54) is 16.7 Å². The number of benzene rings is 1. The standard InChI is InChI=1S/C14H14BrNO/c15-12-5-11-2-1-9-6-13(17)4-3-10(9)7-14(11)16-8-12/h3-6,8,14,16-17H,1-2,7H2. The fourth-order valence-corrected chi connectivity index (χ4v) is 3.01. The molecule has 1 unspecified atom stereocenters. The van der Waals surface area contributed by atoms with Crippen LogP contribution in [0.2, 0.25) is 0 Å². The molecule has 0 amide bonds. The van der Waals surface area contributed by atoms with Gasteiger partial charge in [-0.15, -0.1) is 0 Å². The Morgan fingerprint density at radius 1 is 1.24 bits per heavy atom. The molecule has 2 nitrogen and oxygen atoms in total. The maximum absolute atomic E-state index is 9.53. The molecule has 88 valence electrons. The topological polar surface area (TPSA) is 32.3 Å². The highest BCUT2D eigenvalue weighted by molar-refractivity contribution is 9.11. The van der Waals surface area contributed by atoms with E-state index in [1.807, 2.05) is 18.3 Å². The molecule has 1 aromatic rings. The van der Waals surface area contributed by atoms with Gasteiger partial charge in [0.1, 0.15) is 5.75 Å². The van der Waals surface area contributed by atoms with Gasteiger partial charge >= 0.3 is 0 Å². The van der Waals surface area contributed by atoms with Crippen LogP contribution in [0, 0.1) is 0 Å². The van der Waals surface area contributed by atoms with E-state index in [0.29, 0.717) is 11.8 Å². The zero-order valence-corrected chi connectivity index (χ0v) is 11.0. The molecule has 0 radical (unpaired) electrons. The smallest absolute Gasteiger partial charge is 0.115 e. The number of phenols is 1. The maximum Gasteiger partial charge on any atom is 0.115 e. The third-order valence-electron chi connectivity index (χ3n) is 3.49. The highest BCUT2D eigenvalue weighted by Crippen LogP contribution is 2.30. The number of halogens is 1. The lowest BCUT2D eigenvalue weighted by Crippen LogP contribution is -2.30. The Labute approximate surface area is 109 Å². The Balaban J connectivity index is 1.95. The SMILES string of the molecule is Oc1ccc2c(c1)CCC1=CC(Br)=CNC1C2. The molecule has 1 aliphatic heterocycles. The average Bonchev–Trinajstić information content (AvgIpc) is 2.48. The first-order chi connectivity index (χ1) is 8.22. The summed E-state index contributed by atoms with van der Waals surface area (Å²) in [5, 5.41) is 13.0. The number of rotatable bonds is 0. The number of fused-ring (bicyclic) bond motifs is 2. The number of allylic oxidation sites excluding steroid dienone is 2. The summed E-state index contributed by atoms with van der Waals surface area (Å²) in [6, 6.07) is 6.13. The second-order valence-electron chi connectivity index (χ2n) is 4.62. The molecule has 0 fully saturated rings. The third-order valence-corrected chi connectivity index (χ3v) is 3.95. The summed E-state index contributed by atoms with van der Waals surface area (Å²) in [7, 11) is 0. The van der Waals surface area contributed by atoms with E-state index in [2.05, 4.69) is 27.3 Å². The molecule has 1 heterocycles. The molecular weight excluding hydrogens is 278 g/mol. The van der Waals surface area contributed by atoms with Crippen molar-refractivity contribution in [1.82, 2.24) is 5.32 Å². The summed E-state index contributed by atoms with van der Waals surface area (Å²) in [6.07, 6.45) is 7.29. The van der Waals surface area contributed by atoms with Gasteiger partial charge in [0.2, 0.25) is 0 Å². The van der Waals surface area contributed by atoms with Crippen LogP contribution in [0.15, 0.2) is 40.5 Å². The Morgan fingerprint density at radius 3 is 3.00 bits per heavy atom. The summed E-state index contributed by atoms with van der Waals surface area (Å²) in [5.41, 5.74) is 4.06. The van der Waals surface area contributed by atoms with Gasteiger partial charge in [0.25, 0.3) is 0 Å². The van der Waals surface area contributed by atoms with E-state index < -0.39 is 0 Å². The molecule has 3 heteroatoms. The van der Waals surface area contributed by atoms with Gasteiger partial charge in [-0.3, -0.25) is 0 Å². The fraction of sp³-hybridized carbons (Fsp3) is 0.286. The molecule has 3 rings (SSSR count). The van der Waals surface area contributed by atoms with Crippen LogP contribution in [0.1, 0.15) is 17.5 Å². The molecule has 0 bridgehead atoms. The van der Waals surface area contributed by atoms with Gasteiger partial charge in [-0.05, 0) is 70.1 Å². The molecule has 0 saturated heterocycles. The first kappa shape index (κ1) is 10.9. The number of aromatic hydroxyl groups is 1. The molecule has 0 aromatic heterocycles. The van der Waals surface area contributed by atoms with Crippen LogP contribution >= 0.6 is 15.9 Å². The molecule has 2 N–H and O–H groups in total. The van der Waals surface area contributed by atoms with Crippen LogP contribution in [0.4, 0.5) is 0 Å². The van der Waals surface area contributed by atoms with Gasteiger partial charge < -0.3 is 10.4 Å². The van der Waals surface area contributed by atoms with Gasteiger partial charge in [0.05, 0.1) is 6.04 Å². The number of aryl methyl sites for hydroxylation is 1. The van der Waals surface area contributed by atoms with Crippen LogP contribution < -0.4 is 5.32 Å². The van der Waals surface area contributed by atoms with Crippen molar-refractivity contribution in [3.8, 4) is 5.75 Å². The van der Waals surface area contributed by atoms with Crippen molar-refractivity contribution < 1.29 is 5.11 Å². The predicted molar refractivity (Wildman–Crippen MR) is 72.1 cm³/mol. The molecule has 1 aromatic carbocycles. The van der Waals surface area contributed by atoms with E-state index in [1.54, 1.807) is 6.07 Å². The van der Waals surface area contributed by atoms with E-state index >= 15 is 0 Å². The summed E-state index contributed by atoms with van der Waals surface area (Å²) >= 11 is 3.50.